The van der Waals surface area contributed by atoms with Crippen molar-refractivity contribution in [2.24, 2.45) is 0 Å². The molecule has 0 N–H and O–H groups in total. The highest BCUT2D eigenvalue weighted by Crippen LogP contribution is 2.34. The first-order valence-corrected chi connectivity index (χ1v) is 3.89. The molecule has 0 atom stereocenters. The summed E-state index contributed by atoms with van der Waals surface area (Å²) in [5.41, 5.74) is -1.57. The van der Waals surface area contributed by atoms with Crippen LogP contribution in [0.5, 0.6) is 5.75 Å². The van der Waals surface area contributed by atoms with E-state index in [9.17, 15) is 22.4 Å². The molecule has 15 heavy (non-hydrogen) atoms. The van der Waals surface area contributed by atoms with E-state index < -0.39 is 39.8 Å². The molecule has 0 spiro atoms. The van der Waals surface area contributed by atoms with Crippen LogP contribution in [0.15, 0.2) is 0 Å². The average molecular weight is 243 g/mol. The molecule has 0 aliphatic heterocycles. The van der Waals surface area contributed by atoms with Gasteiger partial charge in [-0.3, -0.25) is 4.79 Å². The smallest absolute Gasteiger partial charge is 0.338 e. The van der Waals surface area contributed by atoms with Crippen molar-refractivity contribution >= 4 is 17.6 Å². The predicted octanol–water partition coefficient (Wildman–Crippen LogP) is 2.88. The summed E-state index contributed by atoms with van der Waals surface area (Å²) >= 11 is 5.07. The molecule has 0 aliphatic carbocycles. The van der Waals surface area contributed by atoms with E-state index >= 15 is 0 Å². The molecule has 1 aromatic carbocycles. The predicted molar refractivity (Wildman–Crippen MR) is 43.3 cm³/mol. The van der Waals surface area contributed by atoms with Gasteiger partial charge in [-0.2, -0.15) is 4.39 Å². The number of methoxy groups -OCH3 is 1. The van der Waals surface area contributed by atoms with Crippen LogP contribution in [0.2, 0.25) is 5.02 Å². The van der Waals surface area contributed by atoms with E-state index in [4.69, 9.17) is 11.6 Å². The molecule has 1 rings (SSSR count). The maximum absolute atomic E-state index is 13.1. The van der Waals surface area contributed by atoms with Crippen LogP contribution in [0, 0.1) is 17.5 Å². The Kier molecular flexibility index (Phi) is 3.18. The maximum Gasteiger partial charge on any atom is 0.338 e. The summed E-state index contributed by atoms with van der Waals surface area (Å²) in [4.78, 5) is 10.2. The fraction of sp³-hybridized carbons (Fsp3) is 0.125. The molecule has 0 amide bonds. The van der Waals surface area contributed by atoms with Gasteiger partial charge >= 0.3 is 6.04 Å². The SMILES string of the molecule is COc1c(F)c(Cl)c(F)c(C(=O)F)c1F. The van der Waals surface area contributed by atoms with Crippen LogP contribution in [0.25, 0.3) is 0 Å². The van der Waals surface area contributed by atoms with Crippen LogP contribution < -0.4 is 4.74 Å². The van der Waals surface area contributed by atoms with E-state index in [0.29, 0.717) is 0 Å². The molecule has 2 nitrogen and oxygen atoms in total. The van der Waals surface area contributed by atoms with Crippen molar-refractivity contribution in [2.75, 3.05) is 7.11 Å². The van der Waals surface area contributed by atoms with Gasteiger partial charge < -0.3 is 4.74 Å². The van der Waals surface area contributed by atoms with Crippen LogP contribution in [0.1, 0.15) is 10.4 Å². The quantitative estimate of drug-likeness (QED) is 0.345. The Morgan fingerprint density at radius 3 is 2.13 bits per heavy atom. The van der Waals surface area contributed by atoms with Crippen molar-refractivity contribution < 1.29 is 27.1 Å². The fourth-order valence-electron chi connectivity index (χ4n) is 0.964. The third-order valence-electron chi connectivity index (χ3n) is 1.62. The monoisotopic (exact) mass is 242 g/mol. The molecule has 7 heteroatoms. The minimum Gasteiger partial charge on any atom is -0.491 e. The fourth-order valence-corrected chi connectivity index (χ4v) is 1.14. The number of halogens is 5. The first-order chi connectivity index (χ1) is 6.91. The number of rotatable bonds is 2. The van der Waals surface area contributed by atoms with E-state index in [1.165, 1.54) is 0 Å². The van der Waals surface area contributed by atoms with Gasteiger partial charge in [0.15, 0.2) is 23.2 Å². The molecular formula is C8H3ClF4O2. The maximum atomic E-state index is 13.1. The number of benzene rings is 1. The van der Waals surface area contributed by atoms with Gasteiger partial charge in [0.25, 0.3) is 0 Å². The minimum absolute atomic E-state index is 0.863. The zero-order valence-electron chi connectivity index (χ0n) is 7.21. The van der Waals surface area contributed by atoms with Crippen LogP contribution in [-0.4, -0.2) is 13.1 Å². The van der Waals surface area contributed by atoms with Gasteiger partial charge in [0.05, 0.1) is 7.11 Å². The van der Waals surface area contributed by atoms with Crippen LogP contribution in [-0.2, 0) is 0 Å². The number of hydrogen-bond acceptors (Lipinski definition) is 2. The van der Waals surface area contributed by atoms with Crippen molar-refractivity contribution in [1.29, 1.82) is 0 Å². The Balaban J connectivity index is 3.68. The normalized spacial score (nSPS) is 10.3. The molecule has 0 saturated carbocycles. The van der Waals surface area contributed by atoms with Gasteiger partial charge in [0, 0.05) is 0 Å². The Morgan fingerprint density at radius 2 is 1.73 bits per heavy atom. The molecule has 82 valence electrons. The molecule has 0 heterocycles. The van der Waals surface area contributed by atoms with Crippen molar-refractivity contribution in [3.63, 3.8) is 0 Å². The summed E-state index contributed by atoms with van der Waals surface area (Å²) in [7, 11) is 0.863. The summed E-state index contributed by atoms with van der Waals surface area (Å²) in [6.45, 7) is 0. The molecule has 1 aromatic rings. The standard InChI is InChI=1S/C8H3ClF4O2/c1-15-7-5(11)2(8(13)14)4(10)3(9)6(7)12/h1H3. The molecule has 0 fully saturated rings. The van der Waals surface area contributed by atoms with Gasteiger partial charge in [-0.25, -0.2) is 13.2 Å². The first kappa shape index (κ1) is 11.8. The van der Waals surface area contributed by atoms with Crippen LogP contribution in [0.3, 0.4) is 0 Å². The molecule has 0 unspecified atom stereocenters. The van der Waals surface area contributed by atoms with Crippen LogP contribution >= 0.6 is 11.6 Å². The molecule has 0 radical (unpaired) electrons. The highest BCUT2D eigenvalue weighted by Gasteiger charge is 2.28. The topological polar surface area (TPSA) is 26.3 Å². The van der Waals surface area contributed by atoms with Crippen LogP contribution in [0.4, 0.5) is 17.6 Å². The van der Waals surface area contributed by atoms with Crippen molar-refractivity contribution in [3.8, 4) is 5.75 Å². The highest BCUT2D eigenvalue weighted by molar-refractivity contribution is 6.31. The lowest BCUT2D eigenvalue weighted by molar-refractivity contribution is 0.0825. The van der Waals surface area contributed by atoms with E-state index in [1.54, 1.807) is 0 Å². The molecule has 0 bridgehead atoms. The molecular weight excluding hydrogens is 240 g/mol. The van der Waals surface area contributed by atoms with Gasteiger partial charge in [0.2, 0.25) is 0 Å². The molecule has 0 aromatic heterocycles. The van der Waals surface area contributed by atoms with E-state index in [0.717, 1.165) is 7.11 Å². The Labute approximate surface area is 86.4 Å². The average Bonchev–Trinajstić information content (AvgIpc) is 2.15. The summed E-state index contributed by atoms with van der Waals surface area (Å²) in [5, 5.41) is -1.20. The second-order valence-corrected chi connectivity index (χ2v) is 2.82. The second kappa shape index (κ2) is 4.06. The minimum atomic E-state index is -2.40. The van der Waals surface area contributed by atoms with Gasteiger partial charge in [-0.05, 0) is 0 Å². The first-order valence-electron chi connectivity index (χ1n) is 3.51. The summed E-state index contributed by atoms with van der Waals surface area (Å²) in [6, 6.07) is -2.40. The van der Waals surface area contributed by atoms with Gasteiger partial charge in [-0.1, -0.05) is 11.6 Å². The van der Waals surface area contributed by atoms with Gasteiger partial charge in [0.1, 0.15) is 10.6 Å². The lowest BCUT2D eigenvalue weighted by atomic mass is 10.2. The number of carbonyl (C=O) groups is 1. The zero-order chi connectivity index (χ0) is 11.7. The summed E-state index contributed by atoms with van der Waals surface area (Å²) < 4.78 is 55.5. The summed E-state index contributed by atoms with van der Waals surface area (Å²) in [5.74, 6) is -6.19. The summed E-state index contributed by atoms with van der Waals surface area (Å²) in [6.07, 6.45) is 0. The Bertz CT molecular complexity index is 433. The lowest BCUT2D eigenvalue weighted by Gasteiger charge is -2.08. The van der Waals surface area contributed by atoms with E-state index in [2.05, 4.69) is 4.74 Å². The number of carbonyl (C=O) groups excluding carboxylic acids is 1. The van der Waals surface area contributed by atoms with Crippen molar-refractivity contribution in [3.05, 3.63) is 28.0 Å². The van der Waals surface area contributed by atoms with E-state index in [-0.39, 0.29) is 0 Å². The van der Waals surface area contributed by atoms with E-state index in [1.807, 2.05) is 0 Å². The third-order valence-corrected chi connectivity index (χ3v) is 1.96. The second-order valence-electron chi connectivity index (χ2n) is 2.44. The number of ether oxygens (including phenoxy) is 1. The van der Waals surface area contributed by atoms with Crippen molar-refractivity contribution in [2.45, 2.75) is 0 Å². The van der Waals surface area contributed by atoms with Crippen molar-refractivity contribution in [1.82, 2.24) is 0 Å². The Morgan fingerprint density at radius 1 is 1.20 bits per heavy atom. The highest BCUT2D eigenvalue weighted by atomic mass is 35.5. The third kappa shape index (κ3) is 1.77. The molecule has 0 aliphatic rings. The largest absolute Gasteiger partial charge is 0.491 e. The number of hydrogen-bond donors (Lipinski definition) is 0. The lowest BCUT2D eigenvalue weighted by Crippen LogP contribution is -2.06. The van der Waals surface area contributed by atoms with Gasteiger partial charge in [-0.15, -0.1) is 0 Å². The Hall–Kier alpha value is -1.30. The molecule has 0 saturated heterocycles. The zero-order valence-corrected chi connectivity index (χ0v) is 7.96.